The fourth-order valence-electron chi connectivity index (χ4n) is 6.74. The van der Waals surface area contributed by atoms with Crippen LogP contribution in [0.25, 0.3) is 0 Å². The number of aliphatic carboxylic acids is 1. The van der Waals surface area contributed by atoms with E-state index in [0.29, 0.717) is 23.9 Å². The number of carbonyl (C=O) groups excluding carboxylic acids is 2. The minimum atomic E-state index is -1.51. The molecule has 0 spiro atoms. The molecule has 0 aromatic rings. The minimum Gasteiger partial charge on any atom is -0.477 e. The van der Waals surface area contributed by atoms with Gasteiger partial charge in [0.25, 0.3) is 6.29 Å². The van der Waals surface area contributed by atoms with E-state index in [1.807, 2.05) is 21.1 Å². The smallest absolute Gasteiger partial charge is 0.361 e. The highest BCUT2D eigenvalue weighted by molar-refractivity contribution is 5.71. The zero-order valence-corrected chi connectivity index (χ0v) is 39.6. The van der Waals surface area contributed by atoms with Gasteiger partial charge >= 0.3 is 17.9 Å². The van der Waals surface area contributed by atoms with Crippen molar-refractivity contribution in [1.82, 2.24) is 0 Å². The van der Waals surface area contributed by atoms with Gasteiger partial charge in [-0.3, -0.25) is 9.59 Å². The van der Waals surface area contributed by atoms with Crippen molar-refractivity contribution >= 4 is 17.9 Å². The predicted octanol–water partition coefficient (Wildman–Crippen LogP) is 13.4. The Hall–Kier alpha value is -2.49. The molecular formula is C51H94NO8+. The molecule has 0 aliphatic rings. The normalized spacial score (nSPS) is 13.2. The zero-order chi connectivity index (χ0) is 44.2. The van der Waals surface area contributed by atoms with Crippen LogP contribution in [-0.4, -0.2) is 87.4 Å². The molecule has 0 bridgehead atoms. The van der Waals surface area contributed by atoms with Crippen LogP contribution >= 0.6 is 0 Å². The van der Waals surface area contributed by atoms with Crippen molar-refractivity contribution in [3.63, 3.8) is 0 Å². The van der Waals surface area contributed by atoms with Gasteiger partial charge in [-0.15, -0.1) is 0 Å². The van der Waals surface area contributed by atoms with Gasteiger partial charge in [0.1, 0.15) is 13.2 Å². The summed E-state index contributed by atoms with van der Waals surface area (Å²) in [7, 11) is 5.96. The third-order valence-corrected chi connectivity index (χ3v) is 10.6. The highest BCUT2D eigenvalue weighted by atomic mass is 16.7. The van der Waals surface area contributed by atoms with Crippen molar-refractivity contribution < 1.29 is 42.9 Å². The van der Waals surface area contributed by atoms with E-state index in [9.17, 15) is 19.5 Å². The maximum absolute atomic E-state index is 12.8. The van der Waals surface area contributed by atoms with Gasteiger partial charge < -0.3 is 28.5 Å². The zero-order valence-electron chi connectivity index (χ0n) is 39.6. The molecule has 9 heteroatoms. The van der Waals surface area contributed by atoms with E-state index in [-0.39, 0.29) is 32.2 Å². The number of unbranched alkanes of at least 4 members (excludes halogenated alkanes) is 24. The molecule has 350 valence electrons. The number of quaternary nitrogens is 1. The van der Waals surface area contributed by atoms with Gasteiger partial charge in [0, 0.05) is 12.8 Å². The molecule has 0 aliphatic heterocycles. The summed E-state index contributed by atoms with van der Waals surface area (Å²) in [6, 6.07) is 0. The van der Waals surface area contributed by atoms with Gasteiger partial charge in [-0.2, -0.15) is 0 Å². The standard InChI is InChI=1S/C51H93NO8/c1-6-8-10-12-14-16-18-20-22-24-26-28-30-32-34-36-38-40-42-49(54)60-47(46-59-51(50(55)56)57-44-43-52(3,4)5)45-58-48(53)41-39-37-35-33-31-29-27-25-23-21-19-17-15-13-11-9-7-2/h16,18,21-24,47,51H,6-15,17,19-20,25-46H2,1-5H3/p+1/b18-16-,23-21-,24-22-. The van der Waals surface area contributed by atoms with Crippen LogP contribution in [0.15, 0.2) is 36.5 Å². The lowest BCUT2D eigenvalue weighted by molar-refractivity contribution is -0.870. The molecule has 0 aromatic carbocycles. The molecular weight excluding hydrogens is 755 g/mol. The Morgan fingerprint density at radius 3 is 1.35 bits per heavy atom. The summed E-state index contributed by atoms with van der Waals surface area (Å²) in [6.07, 6.45) is 46.2. The number of carboxylic acids is 1. The Balaban J connectivity index is 4.39. The van der Waals surface area contributed by atoms with Gasteiger partial charge in [0.05, 0.1) is 34.4 Å². The number of rotatable bonds is 45. The summed E-state index contributed by atoms with van der Waals surface area (Å²) in [5.41, 5.74) is 0. The lowest BCUT2D eigenvalue weighted by Gasteiger charge is -2.25. The topological polar surface area (TPSA) is 108 Å². The van der Waals surface area contributed by atoms with Crippen molar-refractivity contribution in [2.75, 3.05) is 47.5 Å². The Morgan fingerprint density at radius 1 is 0.500 bits per heavy atom. The maximum atomic E-state index is 12.8. The van der Waals surface area contributed by atoms with Gasteiger partial charge in [-0.05, 0) is 70.6 Å². The third kappa shape index (κ3) is 43.6. The first-order valence-electron chi connectivity index (χ1n) is 24.7. The fourth-order valence-corrected chi connectivity index (χ4v) is 6.74. The van der Waals surface area contributed by atoms with E-state index >= 15 is 0 Å². The van der Waals surface area contributed by atoms with E-state index in [2.05, 4.69) is 50.3 Å². The molecule has 0 aliphatic carbocycles. The molecule has 0 heterocycles. The highest BCUT2D eigenvalue weighted by Gasteiger charge is 2.25. The van der Waals surface area contributed by atoms with Crippen molar-refractivity contribution in [2.45, 2.75) is 225 Å². The Kier molecular flexibility index (Phi) is 41.4. The average molecular weight is 849 g/mol. The molecule has 1 N–H and O–H groups in total. The molecule has 0 fully saturated rings. The number of esters is 2. The average Bonchev–Trinajstić information content (AvgIpc) is 3.21. The maximum Gasteiger partial charge on any atom is 0.361 e. The van der Waals surface area contributed by atoms with Crippen molar-refractivity contribution in [1.29, 1.82) is 0 Å². The molecule has 0 rings (SSSR count). The Labute approximate surface area is 369 Å². The molecule has 0 amide bonds. The summed E-state index contributed by atoms with van der Waals surface area (Å²) in [5.74, 6) is -2.02. The monoisotopic (exact) mass is 849 g/mol. The van der Waals surface area contributed by atoms with Gasteiger partial charge in [0.2, 0.25) is 0 Å². The van der Waals surface area contributed by atoms with Crippen molar-refractivity contribution in [2.24, 2.45) is 0 Å². The van der Waals surface area contributed by atoms with Crippen LogP contribution in [0, 0.1) is 0 Å². The third-order valence-electron chi connectivity index (χ3n) is 10.6. The van der Waals surface area contributed by atoms with Crippen molar-refractivity contribution in [3.8, 4) is 0 Å². The van der Waals surface area contributed by atoms with E-state index < -0.39 is 24.3 Å². The first-order chi connectivity index (χ1) is 29.1. The Morgan fingerprint density at radius 2 is 0.900 bits per heavy atom. The highest BCUT2D eigenvalue weighted by Crippen LogP contribution is 2.14. The number of hydrogen-bond donors (Lipinski definition) is 1. The minimum absolute atomic E-state index is 0.185. The molecule has 2 unspecified atom stereocenters. The molecule has 0 aromatic heterocycles. The van der Waals surface area contributed by atoms with Crippen LogP contribution < -0.4 is 0 Å². The van der Waals surface area contributed by atoms with Crippen molar-refractivity contribution in [3.05, 3.63) is 36.5 Å². The number of hydrogen-bond acceptors (Lipinski definition) is 7. The molecule has 2 atom stereocenters. The van der Waals surface area contributed by atoms with Crippen LogP contribution in [-0.2, 0) is 33.3 Å². The number of carboxylic acid groups (broad SMARTS) is 1. The fraction of sp³-hybridized carbons (Fsp3) is 0.824. The van der Waals surface area contributed by atoms with Gasteiger partial charge in [-0.1, -0.05) is 166 Å². The second kappa shape index (κ2) is 43.2. The SMILES string of the molecule is CCCCCC/C=C\C/C=C\CCCCCCCCCC(=O)OC(COC(=O)CCCCCCCCC/C=C\CCCCCCCC)COC(OCC[N+](C)(C)C)C(=O)O. The van der Waals surface area contributed by atoms with Crippen LogP contribution in [0.4, 0.5) is 0 Å². The molecule has 0 saturated heterocycles. The summed E-state index contributed by atoms with van der Waals surface area (Å²) in [6.45, 7) is 4.85. The molecule has 0 saturated carbocycles. The summed E-state index contributed by atoms with van der Waals surface area (Å²) in [5, 5.41) is 9.66. The lowest BCUT2D eigenvalue weighted by Crippen LogP contribution is -2.40. The largest absolute Gasteiger partial charge is 0.477 e. The van der Waals surface area contributed by atoms with Crippen LogP contribution in [0.5, 0.6) is 0 Å². The first-order valence-corrected chi connectivity index (χ1v) is 24.7. The summed E-state index contributed by atoms with van der Waals surface area (Å²) >= 11 is 0. The predicted molar refractivity (Wildman–Crippen MR) is 249 cm³/mol. The van der Waals surface area contributed by atoms with Gasteiger partial charge in [-0.25, -0.2) is 4.79 Å². The first kappa shape index (κ1) is 57.5. The molecule has 9 nitrogen and oxygen atoms in total. The van der Waals surface area contributed by atoms with Gasteiger partial charge in [0.15, 0.2) is 6.10 Å². The summed E-state index contributed by atoms with van der Waals surface area (Å²) in [4.78, 5) is 37.2. The number of carbonyl (C=O) groups is 3. The Bertz CT molecular complexity index is 1080. The van der Waals surface area contributed by atoms with E-state index in [1.165, 1.54) is 128 Å². The molecule has 0 radical (unpaired) electrons. The molecule has 60 heavy (non-hydrogen) atoms. The van der Waals surface area contributed by atoms with E-state index in [1.54, 1.807) is 0 Å². The van der Waals surface area contributed by atoms with Crippen LogP contribution in [0.3, 0.4) is 0 Å². The lowest BCUT2D eigenvalue weighted by atomic mass is 10.1. The number of ether oxygens (including phenoxy) is 4. The van der Waals surface area contributed by atoms with E-state index in [0.717, 1.165) is 51.4 Å². The number of likely N-dealkylation sites (N-methyl/N-ethyl adjacent to an activating group) is 1. The second-order valence-electron chi connectivity index (χ2n) is 17.8. The quantitative estimate of drug-likeness (QED) is 0.0212. The summed E-state index contributed by atoms with van der Waals surface area (Å²) < 4.78 is 22.8. The van der Waals surface area contributed by atoms with Crippen LogP contribution in [0.2, 0.25) is 0 Å². The number of allylic oxidation sites excluding steroid dienone is 6. The second-order valence-corrected chi connectivity index (χ2v) is 17.8. The van der Waals surface area contributed by atoms with Crippen LogP contribution in [0.1, 0.15) is 213 Å². The van der Waals surface area contributed by atoms with E-state index in [4.69, 9.17) is 18.9 Å². The number of nitrogens with zero attached hydrogens (tertiary/aromatic N) is 1.